The maximum absolute atomic E-state index is 5.81. The molecular weight excluding hydrogens is 210 g/mol. The third kappa shape index (κ3) is 3.56. The van der Waals surface area contributed by atoms with Gasteiger partial charge in [0.15, 0.2) is 0 Å². The molecule has 1 heterocycles. The summed E-state index contributed by atoms with van der Waals surface area (Å²) in [6.07, 6.45) is 3.74. The molecule has 0 amide bonds. The van der Waals surface area contributed by atoms with Crippen LogP contribution in [0.5, 0.6) is 0 Å². The van der Waals surface area contributed by atoms with Crippen LogP contribution in [-0.2, 0) is 0 Å². The highest BCUT2D eigenvalue weighted by Gasteiger charge is 2.21. The van der Waals surface area contributed by atoms with E-state index in [1.165, 1.54) is 0 Å². The second-order valence-corrected chi connectivity index (χ2v) is 5.31. The number of hydrogen-bond donors (Lipinski definition) is 1. The first-order chi connectivity index (χ1) is 7.86. The van der Waals surface area contributed by atoms with Crippen LogP contribution < -0.4 is 10.6 Å². The normalized spacial score (nSPS) is 13.2. The van der Waals surface area contributed by atoms with Gasteiger partial charge in [0.1, 0.15) is 5.82 Å². The molecule has 3 nitrogen and oxygen atoms in total. The summed E-state index contributed by atoms with van der Waals surface area (Å²) in [7, 11) is 0. The molecular formula is C14H23N3. The summed E-state index contributed by atoms with van der Waals surface area (Å²) >= 11 is 0. The van der Waals surface area contributed by atoms with E-state index in [-0.39, 0.29) is 11.6 Å². The Kier molecular flexibility index (Phi) is 4.29. The van der Waals surface area contributed by atoms with Gasteiger partial charge in [0.25, 0.3) is 0 Å². The molecule has 0 aliphatic heterocycles. The molecule has 3 heteroatoms. The van der Waals surface area contributed by atoms with E-state index in [1.807, 2.05) is 31.3 Å². The molecule has 2 N–H and O–H groups in total. The highest BCUT2D eigenvalue weighted by atomic mass is 15.2. The van der Waals surface area contributed by atoms with Crippen molar-refractivity contribution < 1.29 is 0 Å². The highest BCUT2D eigenvalue weighted by molar-refractivity contribution is 5.43. The molecule has 0 fully saturated rings. The Labute approximate surface area is 104 Å². The van der Waals surface area contributed by atoms with Gasteiger partial charge < -0.3 is 10.6 Å². The summed E-state index contributed by atoms with van der Waals surface area (Å²) in [6, 6.07) is 4.08. The molecule has 0 saturated carbocycles. The van der Waals surface area contributed by atoms with Gasteiger partial charge in [0, 0.05) is 24.3 Å². The van der Waals surface area contributed by atoms with Gasteiger partial charge in [-0.15, -0.1) is 6.58 Å². The smallest absolute Gasteiger partial charge is 0.129 e. The van der Waals surface area contributed by atoms with E-state index >= 15 is 0 Å². The summed E-state index contributed by atoms with van der Waals surface area (Å²) in [4.78, 5) is 6.70. The van der Waals surface area contributed by atoms with E-state index in [0.29, 0.717) is 0 Å². The van der Waals surface area contributed by atoms with Crippen molar-refractivity contribution in [2.45, 2.75) is 39.3 Å². The van der Waals surface area contributed by atoms with Crippen LogP contribution >= 0.6 is 0 Å². The van der Waals surface area contributed by atoms with Crippen molar-refractivity contribution >= 4 is 5.82 Å². The zero-order chi connectivity index (χ0) is 13.1. The molecule has 0 radical (unpaired) electrons. The van der Waals surface area contributed by atoms with Crippen molar-refractivity contribution in [2.75, 3.05) is 11.4 Å². The van der Waals surface area contributed by atoms with Crippen LogP contribution in [0.25, 0.3) is 0 Å². The van der Waals surface area contributed by atoms with Gasteiger partial charge in [-0.2, -0.15) is 0 Å². The van der Waals surface area contributed by atoms with Crippen LogP contribution in [0.4, 0.5) is 5.82 Å². The van der Waals surface area contributed by atoms with Crippen LogP contribution in [0.15, 0.2) is 31.0 Å². The minimum atomic E-state index is 0.0248. The summed E-state index contributed by atoms with van der Waals surface area (Å²) in [6.45, 7) is 13.0. The van der Waals surface area contributed by atoms with E-state index in [9.17, 15) is 0 Å². The average Bonchev–Trinajstić information content (AvgIpc) is 2.24. The van der Waals surface area contributed by atoms with Crippen molar-refractivity contribution in [3.63, 3.8) is 0 Å². The molecule has 94 valence electrons. The maximum Gasteiger partial charge on any atom is 0.129 e. The van der Waals surface area contributed by atoms with Crippen LogP contribution in [-0.4, -0.2) is 17.1 Å². The molecule has 0 aromatic carbocycles. The summed E-state index contributed by atoms with van der Waals surface area (Å²) in [5, 5.41) is 0. The molecule has 0 bridgehead atoms. The molecule has 0 saturated heterocycles. The highest BCUT2D eigenvalue weighted by Crippen LogP contribution is 2.22. The summed E-state index contributed by atoms with van der Waals surface area (Å²) in [5.41, 5.74) is 6.90. The van der Waals surface area contributed by atoms with Crippen molar-refractivity contribution in [1.82, 2.24) is 4.98 Å². The number of anilines is 1. The number of nitrogens with zero attached hydrogens (tertiary/aromatic N) is 2. The lowest BCUT2D eigenvalue weighted by molar-refractivity contribution is 0.517. The van der Waals surface area contributed by atoms with Crippen molar-refractivity contribution in [3.8, 4) is 0 Å². The fourth-order valence-electron chi connectivity index (χ4n) is 1.67. The summed E-state index contributed by atoms with van der Waals surface area (Å²) < 4.78 is 0. The number of rotatable bonds is 4. The Bertz CT molecular complexity index is 360. The fourth-order valence-corrected chi connectivity index (χ4v) is 1.67. The first-order valence-electron chi connectivity index (χ1n) is 5.96. The molecule has 1 aromatic heterocycles. The molecule has 1 unspecified atom stereocenters. The van der Waals surface area contributed by atoms with Crippen LogP contribution in [0.2, 0.25) is 0 Å². The number of nitrogens with two attached hydrogens (primary N) is 1. The van der Waals surface area contributed by atoms with Gasteiger partial charge in [-0.3, -0.25) is 0 Å². The predicted molar refractivity (Wildman–Crippen MR) is 74.1 cm³/mol. The van der Waals surface area contributed by atoms with E-state index in [0.717, 1.165) is 17.9 Å². The Morgan fingerprint density at radius 2 is 2.12 bits per heavy atom. The second-order valence-electron chi connectivity index (χ2n) is 5.31. The number of aromatic nitrogens is 1. The summed E-state index contributed by atoms with van der Waals surface area (Å²) in [5.74, 6) is 0.960. The zero-order valence-corrected chi connectivity index (χ0v) is 11.3. The van der Waals surface area contributed by atoms with Crippen LogP contribution in [0, 0.1) is 0 Å². The first-order valence-corrected chi connectivity index (χ1v) is 5.96. The third-order valence-electron chi connectivity index (χ3n) is 2.69. The monoisotopic (exact) mass is 233 g/mol. The van der Waals surface area contributed by atoms with Crippen molar-refractivity contribution in [1.29, 1.82) is 0 Å². The standard InChI is InChI=1S/C14H23N3/c1-6-9-17(14(3,4)5)13-8-7-12(10-16-13)11(2)15/h6-8,10-11H,1,9,15H2,2-5H3. The van der Waals surface area contributed by atoms with Gasteiger partial charge in [-0.1, -0.05) is 12.1 Å². The largest absolute Gasteiger partial charge is 0.348 e. The predicted octanol–water partition coefficient (Wildman–Crippen LogP) is 2.89. The molecule has 0 aliphatic rings. The van der Waals surface area contributed by atoms with Crippen molar-refractivity contribution in [3.05, 3.63) is 36.5 Å². The Hall–Kier alpha value is -1.35. The Morgan fingerprint density at radius 3 is 2.47 bits per heavy atom. The SMILES string of the molecule is C=CCN(c1ccc(C(C)N)cn1)C(C)(C)C. The maximum atomic E-state index is 5.81. The van der Waals surface area contributed by atoms with Gasteiger partial charge >= 0.3 is 0 Å². The van der Waals surface area contributed by atoms with Gasteiger partial charge in [-0.25, -0.2) is 4.98 Å². The third-order valence-corrected chi connectivity index (χ3v) is 2.69. The molecule has 0 spiro atoms. The lowest BCUT2D eigenvalue weighted by atomic mass is 10.1. The molecule has 1 aromatic rings. The van der Waals surface area contributed by atoms with Gasteiger partial charge in [-0.05, 0) is 39.3 Å². The molecule has 17 heavy (non-hydrogen) atoms. The Balaban J connectivity index is 2.99. The minimum absolute atomic E-state index is 0.0248. The van der Waals surface area contributed by atoms with E-state index < -0.39 is 0 Å². The number of pyridine rings is 1. The topological polar surface area (TPSA) is 42.1 Å². The minimum Gasteiger partial charge on any atom is -0.348 e. The van der Waals surface area contributed by atoms with E-state index in [1.54, 1.807) is 0 Å². The average molecular weight is 233 g/mol. The first kappa shape index (κ1) is 13.7. The molecule has 1 atom stereocenters. The zero-order valence-electron chi connectivity index (χ0n) is 11.3. The second kappa shape index (κ2) is 5.32. The van der Waals surface area contributed by atoms with E-state index in [4.69, 9.17) is 5.73 Å². The Morgan fingerprint density at radius 1 is 1.47 bits per heavy atom. The van der Waals surface area contributed by atoms with Crippen LogP contribution in [0.1, 0.15) is 39.3 Å². The number of hydrogen-bond acceptors (Lipinski definition) is 3. The van der Waals surface area contributed by atoms with Crippen molar-refractivity contribution in [2.24, 2.45) is 5.73 Å². The fraction of sp³-hybridized carbons (Fsp3) is 0.500. The van der Waals surface area contributed by atoms with Gasteiger partial charge in [0.2, 0.25) is 0 Å². The van der Waals surface area contributed by atoms with Crippen LogP contribution in [0.3, 0.4) is 0 Å². The van der Waals surface area contributed by atoms with E-state index in [2.05, 4.69) is 37.2 Å². The lowest BCUT2D eigenvalue weighted by Crippen LogP contribution is -2.42. The molecule has 0 aliphatic carbocycles. The lowest BCUT2D eigenvalue weighted by Gasteiger charge is -2.36. The quantitative estimate of drug-likeness (QED) is 0.813. The molecule has 1 rings (SSSR count). The van der Waals surface area contributed by atoms with Gasteiger partial charge in [0.05, 0.1) is 0 Å².